The molecule has 1 N–H and O–H groups in total. The van der Waals surface area contributed by atoms with Crippen LogP contribution in [0, 0.1) is 15.4 Å². The zero-order valence-corrected chi connectivity index (χ0v) is 8.00. The number of aliphatic hydroxyl groups excluding tert-OH is 1. The van der Waals surface area contributed by atoms with E-state index in [9.17, 15) is 0 Å². The normalized spacial score (nSPS) is 8.55. The van der Waals surface area contributed by atoms with Gasteiger partial charge in [0.25, 0.3) is 0 Å². The molecule has 0 saturated heterocycles. The van der Waals surface area contributed by atoms with Crippen molar-refractivity contribution in [3.05, 3.63) is 33.4 Å². The van der Waals surface area contributed by atoms with E-state index in [0.717, 1.165) is 9.13 Å². The van der Waals surface area contributed by atoms with Gasteiger partial charge in [-0.15, -0.1) is 0 Å². The lowest BCUT2D eigenvalue weighted by Gasteiger charge is -1.92. The Morgan fingerprint density at radius 3 is 2.73 bits per heavy atom. The molecule has 0 bridgehead atoms. The van der Waals surface area contributed by atoms with Crippen molar-refractivity contribution in [3.8, 4) is 11.8 Å². The zero-order valence-electron chi connectivity index (χ0n) is 5.84. The number of aliphatic hydroxyl groups is 1. The van der Waals surface area contributed by atoms with E-state index in [2.05, 4.69) is 34.4 Å². The van der Waals surface area contributed by atoms with Crippen molar-refractivity contribution < 1.29 is 5.11 Å². The first-order chi connectivity index (χ1) is 5.34. The first kappa shape index (κ1) is 8.57. The Kier molecular flexibility index (Phi) is 3.40. The van der Waals surface area contributed by atoms with Crippen molar-refractivity contribution in [2.45, 2.75) is 0 Å². The lowest BCUT2D eigenvalue weighted by molar-refractivity contribution is 0.350. The lowest BCUT2D eigenvalue weighted by atomic mass is 10.2. The minimum absolute atomic E-state index is 0.0784. The summed E-state index contributed by atoms with van der Waals surface area (Å²) in [7, 11) is 0. The van der Waals surface area contributed by atoms with E-state index in [1.54, 1.807) is 0 Å². The van der Waals surface area contributed by atoms with E-state index in [-0.39, 0.29) is 6.61 Å². The molecule has 0 heterocycles. The third-order valence-electron chi connectivity index (χ3n) is 1.18. The second-order valence-electron chi connectivity index (χ2n) is 1.94. The van der Waals surface area contributed by atoms with Crippen LogP contribution in [0.5, 0.6) is 0 Å². The number of rotatable bonds is 0. The summed E-state index contributed by atoms with van der Waals surface area (Å²) in [5, 5.41) is 8.44. The number of benzene rings is 1. The molecule has 0 amide bonds. The first-order valence-corrected chi connectivity index (χ1v) is 4.26. The molecule has 1 aromatic carbocycles. The number of hydrogen-bond acceptors (Lipinski definition) is 1. The highest BCUT2D eigenvalue weighted by Crippen LogP contribution is 2.09. The zero-order chi connectivity index (χ0) is 8.10. The third-order valence-corrected chi connectivity index (χ3v) is 2.12. The van der Waals surface area contributed by atoms with Crippen LogP contribution in [0.2, 0.25) is 0 Å². The van der Waals surface area contributed by atoms with Crippen LogP contribution in [-0.2, 0) is 0 Å². The predicted molar refractivity (Wildman–Crippen MR) is 53.1 cm³/mol. The standard InChI is InChI=1S/C9H7IO/c10-9-6-2-1-4-8(9)5-3-7-11/h1-2,4,6,11H,7H2. The summed E-state index contributed by atoms with van der Waals surface area (Å²) in [5.74, 6) is 5.46. The molecule has 0 atom stereocenters. The fourth-order valence-corrected chi connectivity index (χ4v) is 1.22. The molecule has 0 aliphatic rings. The molecule has 0 aliphatic carbocycles. The van der Waals surface area contributed by atoms with Crippen LogP contribution in [0.15, 0.2) is 24.3 Å². The highest BCUT2D eigenvalue weighted by Gasteiger charge is 1.90. The molecule has 0 saturated carbocycles. The summed E-state index contributed by atoms with van der Waals surface area (Å²) in [5.41, 5.74) is 0.974. The van der Waals surface area contributed by atoms with Gasteiger partial charge in [0, 0.05) is 9.13 Å². The molecule has 1 aromatic rings. The Balaban J connectivity index is 2.95. The molecular weight excluding hydrogens is 251 g/mol. The predicted octanol–water partition coefficient (Wildman–Crippen LogP) is 1.63. The van der Waals surface area contributed by atoms with E-state index < -0.39 is 0 Å². The molecule has 1 nitrogen and oxygen atoms in total. The van der Waals surface area contributed by atoms with E-state index >= 15 is 0 Å². The summed E-state index contributed by atoms with van der Waals surface area (Å²) >= 11 is 2.22. The van der Waals surface area contributed by atoms with Crippen LogP contribution in [0.4, 0.5) is 0 Å². The SMILES string of the molecule is OCC#Cc1ccccc1I. The molecule has 0 radical (unpaired) electrons. The summed E-state index contributed by atoms with van der Waals surface area (Å²) in [6, 6.07) is 7.82. The van der Waals surface area contributed by atoms with Gasteiger partial charge >= 0.3 is 0 Å². The van der Waals surface area contributed by atoms with Gasteiger partial charge < -0.3 is 5.11 Å². The molecule has 0 unspecified atom stereocenters. The maximum atomic E-state index is 8.44. The van der Waals surface area contributed by atoms with E-state index in [0.29, 0.717) is 0 Å². The van der Waals surface area contributed by atoms with Gasteiger partial charge in [-0.05, 0) is 34.7 Å². The van der Waals surface area contributed by atoms with Crippen molar-refractivity contribution in [1.82, 2.24) is 0 Å². The summed E-state index contributed by atoms with van der Waals surface area (Å²) in [6.45, 7) is -0.0784. The van der Waals surface area contributed by atoms with Crippen molar-refractivity contribution >= 4 is 22.6 Å². The van der Waals surface area contributed by atoms with Gasteiger partial charge in [-0.1, -0.05) is 24.0 Å². The van der Waals surface area contributed by atoms with Crippen LogP contribution in [-0.4, -0.2) is 11.7 Å². The van der Waals surface area contributed by atoms with E-state index in [4.69, 9.17) is 5.11 Å². The summed E-state index contributed by atoms with van der Waals surface area (Å²) < 4.78 is 1.12. The van der Waals surface area contributed by atoms with Crippen LogP contribution < -0.4 is 0 Å². The molecule has 1 rings (SSSR count). The van der Waals surface area contributed by atoms with Gasteiger partial charge in [-0.3, -0.25) is 0 Å². The molecule has 0 aliphatic heterocycles. The average molecular weight is 258 g/mol. The quantitative estimate of drug-likeness (QED) is 0.554. The van der Waals surface area contributed by atoms with Crippen molar-refractivity contribution in [3.63, 3.8) is 0 Å². The van der Waals surface area contributed by atoms with Gasteiger partial charge in [-0.2, -0.15) is 0 Å². The Hall–Kier alpha value is -0.530. The van der Waals surface area contributed by atoms with Gasteiger partial charge in [0.05, 0.1) is 0 Å². The topological polar surface area (TPSA) is 20.2 Å². The fraction of sp³-hybridized carbons (Fsp3) is 0.111. The average Bonchev–Trinajstić information content (AvgIpc) is 2.03. The second-order valence-corrected chi connectivity index (χ2v) is 3.10. The van der Waals surface area contributed by atoms with Crippen LogP contribution in [0.3, 0.4) is 0 Å². The Morgan fingerprint density at radius 1 is 1.36 bits per heavy atom. The van der Waals surface area contributed by atoms with E-state index in [1.807, 2.05) is 24.3 Å². The smallest absolute Gasteiger partial charge is 0.104 e. The van der Waals surface area contributed by atoms with Crippen molar-refractivity contribution in [1.29, 1.82) is 0 Å². The Morgan fingerprint density at radius 2 is 2.09 bits per heavy atom. The highest BCUT2D eigenvalue weighted by atomic mass is 127. The van der Waals surface area contributed by atoms with Gasteiger partial charge in [0.1, 0.15) is 6.61 Å². The van der Waals surface area contributed by atoms with Crippen molar-refractivity contribution in [2.24, 2.45) is 0 Å². The molecule has 0 aromatic heterocycles. The largest absolute Gasteiger partial charge is 0.384 e. The molecule has 11 heavy (non-hydrogen) atoms. The van der Waals surface area contributed by atoms with E-state index in [1.165, 1.54) is 0 Å². The number of hydrogen-bond donors (Lipinski definition) is 1. The summed E-state index contributed by atoms with van der Waals surface area (Å²) in [4.78, 5) is 0. The van der Waals surface area contributed by atoms with Crippen LogP contribution >= 0.6 is 22.6 Å². The lowest BCUT2D eigenvalue weighted by Crippen LogP contribution is -1.80. The molecule has 56 valence electrons. The molecule has 0 spiro atoms. The van der Waals surface area contributed by atoms with Gasteiger partial charge in [0.15, 0.2) is 0 Å². The van der Waals surface area contributed by atoms with Crippen molar-refractivity contribution in [2.75, 3.05) is 6.61 Å². The van der Waals surface area contributed by atoms with Crippen LogP contribution in [0.1, 0.15) is 5.56 Å². The monoisotopic (exact) mass is 258 g/mol. The minimum Gasteiger partial charge on any atom is -0.384 e. The van der Waals surface area contributed by atoms with Gasteiger partial charge in [-0.25, -0.2) is 0 Å². The maximum Gasteiger partial charge on any atom is 0.104 e. The minimum atomic E-state index is -0.0784. The molecule has 0 fully saturated rings. The maximum absolute atomic E-state index is 8.44. The molecule has 2 heteroatoms. The number of halogens is 1. The molecular formula is C9H7IO. The Labute approximate surface area is 79.6 Å². The first-order valence-electron chi connectivity index (χ1n) is 3.19. The Bertz CT molecular complexity index is 296. The third kappa shape index (κ3) is 2.52. The second kappa shape index (κ2) is 4.37. The fourth-order valence-electron chi connectivity index (χ4n) is 0.697. The van der Waals surface area contributed by atoms with Crippen LogP contribution in [0.25, 0.3) is 0 Å². The highest BCUT2D eigenvalue weighted by molar-refractivity contribution is 14.1. The van der Waals surface area contributed by atoms with Gasteiger partial charge in [0.2, 0.25) is 0 Å². The summed E-state index contributed by atoms with van der Waals surface area (Å²) in [6.07, 6.45) is 0.